The molecule has 0 N–H and O–H groups in total. The highest BCUT2D eigenvalue weighted by molar-refractivity contribution is 6.16. The second kappa shape index (κ2) is 7.68. The Hall–Kier alpha value is -4.17. The van der Waals surface area contributed by atoms with E-state index in [9.17, 15) is 0 Å². The molecular formula is C33H26N2. The Kier molecular flexibility index (Phi) is 4.44. The fourth-order valence-corrected chi connectivity index (χ4v) is 5.75. The standard InChI is InChI=1S/C33H26N2/c1-3-21-12-9-13-22(4-2)32(21)30-20-35-31-19-26-17-24-11-6-5-10-23(24)16-25(26)18-29(31)27-14-7-8-15-28(27)33(35)34-30/h5-20H,3-4H2,1-2H3. The van der Waals surface area contributed by atoms with Crippen molar-refractivity contribution in [3.63, 3.8) is 0 Å². The molecule has 7 rings (SSSR count). The lowest BCUT2D eigenvalue weighted by molar-refractivity contribution is 1.09. The van der Waals surface area contributed by atoms with E-state index in [1.54, 1.807) is 0 Å². The van der Waals surface area contributed by atoms with Crippen LogP contribution >= 0.6 is 0 Å². The quantitative estimate of drug-likeness (QED) is 0.194. The summed E-state index contributed by atoms with van der Waals surface area (Å²) in [6, 6.07) is 33.3. The number of rotatable bonds is 3. The Balaban J connectivity index is 1.63. The number of pyridine rings is 1. The Labute approximate surface area is 204 Å². The number of hydrogen-bond acceptors (Lipinski definition) is 1. The van der Waals surface area contributed by atoms with Gasteiger partial charge in [-0.1, -0.05) is 80.6 Å². The maximum absolute atomic E-state index is 5.27. The minimum absolute atomic E-state index is 0.996. The van der Waals surface area contributed by atoms with Gasteiger partial charge in [0.05, 0.1) is 11.2 Å². The van der Waals surface area contributed by atoms with E-state index in [2.05, 4.69) is 115 Å². The zero-order chi connectivity index (χ0) is 23.5. The summed E-state index contributed by atoms with van der Waals surface area (Å²) in [5.41, 5.74) is 7.31. The first kappa shape index (κ1) is 20.2. The molecule has 2 aromatic heterocycles. The van der Waals surface area contributed by atoms with Crippen molar-refractivity contribution in [3.05, 3.63) is 108 Å². The van der Waals surface area contributed by atoms with Crippen LogP contribution in [0.25, 0.3) is 60.1 Å². The number of aromatic nitrogens is 2. The van der Waals surface area contributed by atoms with Gasteiger partial charge in [0.1, 0.15) is 5.65 Å². The minimum Gasteiger partial charge on any atom is -0.298 e. The van der Waals surface area contributed by atoms with E-state index in [1.165, 1.54) is 59.9 Å². The fraction of sp³-hybridized carbons (Fsp3) is 0.121. The first-order valence-electron chi connectivity index (χ1n) is 12.5. The van der Waals surface area contributed by atoms with Crippen molar-refractivity contribution >= 4 is 48.9 Å². The van der Waals surface area contributed by atoms with Crippen LogP contribution in [0.3, 0.4) is 0 Å². The number of hydrogen-bond donors (Lipinski definition) is 0. The van der Waals surface area contributed by atoms with E-state index in [1.807, 2.05) is 0 Å². The molecule has 35 heavy (non-hydrogen) atoms. The highest BCUT2D eigenvalue weighted by atomic mass is 15.0. The van der Waals surface area contributed by atoms with Crippen molar-refractivity contribution < 1.29 is 0 Å². The molecule has 0 bridgehead atoms. The van der Waals surface area contributed by atoms with Crippen molar-refractivity contribution in [2.24, 2.45) is 0 Å². The summed E-state index contributed by atoms with van der Waals surface area (Å²) in [7, 11) is 0. The summed E-state index contributed by atoms with van der Waals surface area (Å²) in [5.74, 6) is 0. The summed E-state index contributed by atoms with van der Waals surface area (Å²) in [4.78, 5) is 5.27. The van der Waals surface area contributed by atoms with Crippen LogP contribution in [0, 0.1) is 0 Å². The average Bonchev–Trinajstić information content (AvgIpc) is 3.36. The topological polar surface area (TPSA) is 17.3 Å². The van der Waals surface area contributed by atoms with E-state index in [-0.39, 0.29) is 0 Å². The van der Waals surface area contributed by atoms with Crippen molar-refractivity contribution in [1.29, 1.82) is 0 Å². The second-order valence-corrected chi connectivity index (χ2v) is 9.44. The maximum Gasteiger partial charge on any atom is 0.145 e. The third-order valence-corrected chi connectivity index (χ3v) is 7.50. The van der Waals surface area contributed by atoms with Gasteiger partial charge in [0.2, 0.25) is 0 Å². The van der Waals surface area contributed by atoms with Gasteiger partial charge in [-0.25, -0.2) is 4.98 Å². The zero-order valence-electron chi connectivity index (χ0n) is 20.0. The highest BCUT2D eigenvalue weighted by Crippen LogP contribution is 2.36. The molecule has 0 atom stereocenters. The SMILES string of the molecule is CCc1cccc(CC)c1-c1cn2c3cc4cc5ccccc5cc4cc3c3ccccc3c2n1. The van der Waals surface area contributed by atoms with Gasteiger partial charge in [-0.15, -0.1) is 0 Å². The fourth-order valence-electron chi connectivity index (χ4n) is 5.75. The Morgan fingerprint density at radius 1 is 0.600 bits per heavy atom. The molecule has 2 nitrogen and oxygen atoms in total. The summed E-state index contributed by atoms with van der Waals surface area (Å²) in [5, 5.41) is 8.78. The summed E-state index contributed by atoms with van der Waals surface area (Å²) < 4.78 is 2.31. The number of nitrogens with zero attached hydrogens (tertiary/aromatic N) is 2. The van der Waals surface area contributed by atoms with Crippen LogP contribution in [-0.4, -0.2) is 9.38 Å². The predicted octanol–water partition coefficient (Wildman–Crippen LogP) is 8.74. The van der Waals surface area contributed by atoms with Crippen LogP contribution in [0.15, 0.2) is 97.2 Å². The van der Waals surface area contributed by atoms with E-state index in [0.29, 0.717) is 0 Å². The number of fused-ring (bicyclic) bond motifs is 8. The van der Waals surface area contributed by atoms with Crippen molar-refractivity contribution in [3.8, 4) is 11.3 Å². The third-order valence-electron chi connectivity index (χ3n) is 7.50. The van der Waals surface area contributed by atoms with Gasteiger partial charge >= 0.3 is 0 Å². The van der Waals surface area contributed by atoms with Gasteiger partial charge in [0.15, 0.2) is 0 Å². The normalized spacial score (nSPS) is 11.9. The molecule has 7 aromatic rings. The van der Waals surface area contributed by atoms with Crippen LogP contribution in [0.1, 0.15) is 25.0 Å². The van der Waals surface area contributed by atoms with Gasteiger partial charge in [-0.05, 0) is 75.2 Å². The van der Waals surface area contributed by atoms with Crippen LogP contribution < -0.4 is 0 Å². The maximum atomic E-state index is 5.27. The molecule has 0 aliphatic heterocycles. The molecule has 0 spiro atoms. The monoisotopic (exact) mass is 450 g/mol. The average molecular weight is 451 g/mol. The lowest BCUT2D eigenvalue weighted by Gasteiger charge is -2.11. The minimum atomic E-state index is 0.996. The zero-order valence-corrected chi connectivity index (χ0v) is 20.0. The van der Waals surface area contributed by atoms with E-state index in [0.717, 1.165) is 24.2 Å². The lowest BCUT2D eigenvalue weighted by atomic mass is 9.95. The van der Waals surface area contributed by atoms with E-state index in [4.69, 9.17) is 4.98 Å². The summed E-state index contributed by atoms with van der Waals surface area (Å²) in [6.07, 6.45) is 4.25. The molecule has 0 radical (unpaired) electrons. The molecule has 0 saturated carbocycles. The molecule has 0 aliphatic carbocycles. The van der Waals surface area contributed by atoms with Gasteiger partial charge in [-0.3, -0.25) is 4.40 Å². The van der Waals surface area contributed by atoms with Crippen molar-refractivity contribution in [1.82, 2.24) is 9.38 Å². The Morgan fingerprint density at radius 3 is 1.91 bits per heavy atom. The molecule has 2 heterocycles. The smallest absolute Gasteiger partial charge is 0.145 e. The lowest BCUT2D eigenvalue weighted by Crippen LogP contribution is -1.94. The number of benzene rings is 5. The summed E-state index contributed by atoms with van der Waals surface area (Å²) >= 11 is 0. The summed E-state index contributed by atoms with van der Waals surface area (Å²) in [6.45, 7) is 4.46. The first-order chi connectivity index (χ1) is 17.2. The molecule has 0 amide bonds. The number of aryl methyl sites for hydroxylation is 2. The molecule has 2 heteroatoms. The van der Waals surface area contributed by atoms with E-state index < -0.39 is 0 Å². The van der Waals surface area contributed by atoms with Gasteiger partial charge in [0.25, 0.3) is 0 Å². The molecule has 168 valence electrons. The van der Waals surface area contributed by atoms with E-state index >= 15 is 0 Å². The van der Waals surface area contributed by atoms with Crippen LogP contribution in [0.4, 0.5) is 0 Å². The molecule has 5 aromatic carbocycles. The predicted molar refractivity (Wildman–Crippen MR) is 149 cm³/mol. The van der Waals surface area contributed by atoms with Crippen molar-refractivity contribution in [2.45, 2.75) is 26.7 Å². The molecule has 0 unspecified atom stereocenters. The van der Waals surface area contributed by atoms with Crippen molar-refractivity contribution in [2.75, 3.05) is 0 Å². The molecule has 0 aliphatic rings. The highest BCUT2D eigenvalue weighted by Gasteiger charge is 2.17. The molecular weight excluding hydrogens is 424 g/mol. The molecule has 0 saturated heterocycles. The van der Waals surface area contributed by atoms with Crippen LogP contribution in [0.2, 0.25) is 0 Å². The first-order valence-corrected chi connectivity index (χ1v) is 12.5. The van der Waals surface area contributed by atoms with Gasteiger partial charge in [-0.2, -0.15) is 0 Å². The third kappa shape index (κ3) is 2.99. The Morgan fingerprint density at radius 2 is 1.23 bits per heavy atom. The van der Waals surface area contributed by atoms with Crippen LogP contribution in [0.5, 0.6) is 0 Å². The second-order valence-electron chi connectivity index (χ2n) is 9.44. The van der Waals surface area contributed by atoms with Crippen LogP contribution in [-0.2, 0) is 12.8 Å². The molecule has 0 fully saturated rings. The Bertz CT molecular complexity index is 1900. The van der Waals surface area contributed by atoms with Gasteiger partial charge < -0.3 is 0 Å². The number of imidazole rings is 1. The van der Waals surface area contributed by atoms with Gasteiger partial charge in [0, 0.05) is 22.5 Å². The largest absolute Gasteiger partial charge is 0.298 e.